The van der Waals surface area contributed by atoms with Gasteiger partial charge in [0.15, 0.2) is 12.0 Å². The first kappa shape index (κ1) is 10.4. The second kappa shape index (κ2) is 4.50. The van der Waals surface area contributed by atoms with Gasteiger partial charge in [0, 0.05) is 6.54 Å². The Kier molecular flexibility index (Phi) is 3.33. The van der Waals surface area contributed by atoms with Crippen LogP contribution in [-0.2, 0) is 6.54 Å². The molecule has 0 aliphatic carbocycles. The summed E-state index contributed by atoms with van der Waals surface area (Å²) in [5.41, 5.74) is -0.181. The molecule has 0 radical (unpaired) electrons. The van der Waals surface area contributed by atoms with Crippen molar-refractivity contribution < 1.29 is 9.72 Å². The minimum Gasteiger partial charge on any atom is -0.296 e. The molecule has 0 fully saturated rings. The molecule has 0 bridgehead atoms. The fraction of sp³-hybridized carbons (Fsp3) is 0.500. The van der Waals surface area contributed by atoms with Gasteiger partial charge in [-0.3, -0.25) is 19.6 Å². The molecule has 1 aromatic rings. The molecule has 6 nitrogen and oxygen atoms in total. The molecule has 0 atom stereocenters. The summed E-state index contributed by atoms with van der Waals surface area (Å²) in [5.74, 6) is 0. The van der Waals surface area contributed by atoms with Crippen LogP contribution < -0.4 is 0 Å². The summed E-state index contributed by atoms with van der Waals surface area (Å²) in [4.78, 5) is 20.5. The van der Waals surface area contributed by atoms with E-state index in [0.29, 0.717) is 12.8 Å². The molecule has 1 heterocycles. The van der Waals surface area contributed by atoms with Crippen molar-refractivity contribution in [2.45, 2.75) is 26.3 Å². The smallest absolute Gasteiger partial charge is 0.296 e. The first-order valence-electron chi connectivity index (χ1n) is 4.36. The number of aldehydes is 1. The molecule has 76 valence electrons. The Balaban J connectivity index is 2.95. The Bertz CT molecular complexity index is 346. The van der Waals surface area contributed by atoms with Gasteiger partial charge in [-0.15, -0.1) is 0 Å². The number of carbonyl (C=O) groups excluding carboxylic acids is 1. The van der Waals surface area contributed by atoms with Crippen LogP contribution in [0.3, 0.4) is 0 Å². The van der Waals surface area contributed by atoms with Gasteiger partial charge < -0.3 is 0 Å². The summed E-state index contributed by atoms with van der Waals surface area (Å²) in [6, 6.07) is 0. The second-order valence-corrected chi connectivity index (χ2v) is 2.87. The van der Waals surface area contributed by atoms with Crippen molar-refractivity contribution in [3.8, 4) is 0 Å². The third-order valence-corrected chi connectivity index (χ3v) is 1.89. The van der Waals surface area contributed by atoms with Crippen molar-refractivity contribution in [3.63, 3.8) is 0 Å². The standard InChI is InChI=1S/C8H11N3O3/c1-2-3-4-10-8(6-12)7(5-9-10)11(13)14/h5-6H,2-4H2,1H3. The molecule has 0 aromatic carbocycles. The maximum absolute atomic E-state index is 10.6. The Morgan fingerprint density at radius 2 is 2.43 bits per heavy atom. The van der Waals surface area contributed by atoms with Crippen LogP contribution in [-0.4, -0.2) is 21.0 Å². The number of aryl methyl sites for hydroxylation is 1. The first-order chi connectivity index (χ1) is 6.70. The minimum absolute atomic E-state index is 0.0449. The highest BCUT2D eigenvalue weighted by molar-refractivity contribution is 5.78. The minimum atomic E-state index is -0.598. The molecule has 1 aromatic heterocycles. The summed E-state index contributed by atoms with van der Waals surface area (Å²) in [6.45, 7) is 2.54. The predicted molar refractivity (Wildman–Crippen MR) is 49.2 cm³/mol. The molecular weight excluding hydrogens is 186 g/mol. The number of nitro groups is 1. The van der Waals surface area contributed by atoms with Crippen LogP contribution in [0.2, 0.25) is 0 Å². The lowest BCUT2D eigenvalue weighted by molar-refractivity contribution is -0.385. The number of aromatic nitrogens is 2. The number of carbonyl (C=O) groups is 1. The van der Waals surface area contributed by atoms with Crippen molar-refractivity contribution in [1.29, 1.82) is 0 Å². The van der Waals surface area contributed by atoms with Crippen LogP contribution in [0.25, 0.3) is 0 Å². The van der Waals surface area contributed by atoms with Gasteiger partial charge >= 0.3 is 5.69 Å². The molecule has 0 aliphatic rings. The van der Waals surface area contributed by atoms with Crippen molar-refractivity contribution in [2.24, 2.45) is 0 Å². The number of nitrogens with zero attached hydrogens (tertiary/aromatic N) is 3. The Morgan fingerprint density at radius 3 is 2.93 bits per heavy atom. The Morgan fingerprint density at radius 1 is 1.71 bits per heavy atom. The molecule has 0 amide bonds. The molecule has 0 N–H and O–H groups in total. The molecule has 0 spiro atoms. The zero-order valence-corrected chi connectivity index (χ0v) is 7.84. The third kappa shape index (κ3) is 1.95. The highest BCUT2D eigenvalue weighted by Crippen LogP contribution is 2.15. The van der Waals surface area contributed by atoms with Gasteiger partial charge in [0.1, 0.15) is 6.20 Å². The van der Waals surface area contributed by atoms with E-state index < -0.39 is 4.92 Å². The largest absolute Gasteiger partial charge is 0.317 e. The van der Waals surface area contributed by atoms with Gasteiger partial charge in [-0.05, 0) is 6.42 Å². The topological polar surface area (TPSA) is 78.0 Å². The number of rotatable bonds is 5. The van der Waals surface area contributed by atoms with E-state index in [4.69, 9.17) is 0 Å². The van der Waals surface area contributed by atoms with Crippen LogP contribution >= 0.6 is 0 Å². The normalized spacial score (nSPS) is 10.1. The van der Waals surface area contributed by atoms with E-state index in [1.165, 1.54) is 4.68 Å². The molecular formula is C8H11N3O3. The summed E-state index contributed by atoms with van der Waals surface area (Å²) in [6.07, 6.45) is 3.38. The van der Waals surface area contributed by atoms with Crippen LogP contribution in [0.5, 0.6) is 0 Å². The maximum Gasteiger partial charge on any atom is 0.317 e. The number of hydrogen-bond acceptors (Lipinski definition) is 4. The highest BCUT2D eigenvalue weighted by atomic mass is 16.6. The lowest BCUT2D eigenvalue weighted by atomic mass is 10.3. The molecule has 0 saturated heterocycles. The molecule has 0 aliphatic heterocycles. The summed E-state index contributed by atoms with van der Waals surface area (Å²) in [5, 5.41) is 14.3. The van der Waals surface area contributed by atoms with Crippen LogP contribution in [0.15, 0.2) is 6.20 Å². The van der Waals surface area contributed by atoms with Gasteiger partial charge in [0.25, 0.3) is 0 Å². The van der Waals surface area contributed by atoms with Crippen molar-refractivity contribution in [3.05, 3.63) is 22.0 Å². The summed E-state index contributed by atoms with van der Waals surface area (Å²) < 4.78 is 1.37. The lowest BCUT2D eigenvalue weighted by Crippen LogP contribution is -2.05. The van der Waals surface area contributed by atoms with E-state index in [1.54, 1.807) is 0 Å². The van der Waals surface area contributed by atoms with E-state index in [0.717, 1.165) is 19.0 Å². The predicted octanol–water partition coefficient (Wildman–Crippen LogP) is 1.40. The van der Waals surface area contributed by atoms with Crippen LogP contribution in [0.4, 0.5) is 5.69 Å². The third-order valence-electron chi connectivity index (χ3n) is 1.89. The first-order valence-corrected chi connectivity index (χ1v) is 4.36. The molecule has 0 saturated carbocycles. The van der Waals surface area contributed by atoms with Crippen molar-refractivity contribution in [1.82, 2.24) is 9.78 Å². The number of unbranched alkanes of at least 4 members (excludes halogenated alkanes) is 1. The average Bonchev–Trinajstić information content (AvgIpc) is 2.57. The van der Waals surface area contributed by atoms with E-state index in [-0.39, 0.29) is 11.4 Å². The zero-order valence-electron chi connectivity index (χ0n) is 7.84. The Labute approximate surface area is 80.7 Å². The molecule has 1 rings (SSSR count). The maximum atomic E-state index is 10.6. The lowest BCUT2D eigenvalue weighted by Gasteiger charge is -1.99. The zero-order chi connectivity index (χ0) is 10.6. The molecule has 0 unspecified atom stereocenters. The van der Waals surface area contributed by atoms with Crippen LogP contribution in [0.1, 0.15) is 30.3 Å². The van der Waals surface area contributed by atoms with Crippen LogP contribution in [0, 0.1) is 10.1 Å². The van der Waals surface area contributed by atoms with E-state index in [2.05, 4.69) is 5.10 Å². The second-order valence-electron chi connectivity index (χ2n) is 2.87. The average molecular weight is 197 g/mol. The Hall–Kier alpha value is -1.72. The van der Waals surface area contributed by atoms with E-state index in [9.17, 15) is 14.9 Å². The van der Waals surface area contributed by atoms with Crippen molar-refractivity contribution in [2.75, 3.05) is 0 Å². The van der Waals surface area contributed by atoms with Gasteiger partial charge in [0.2, 0.25) is 0 Å². The fourth-order valence-electron chi connectivity index (χ4n) is 1.13. The van der Waals surface area contributed by atoms with Gasteiger partial charge in [0.05, 0.1) is 4.92 Å². The summed E-state index contributed by atoms with van der Waals surface area (Å²) >= 11 is 0. The molecule has 14 heavy (non-hydrogen) atoms. The van der Waals surface area contributed by atoms with Gasteiger partial charge in [-0.1, -0.05) is 13.3 Å². The van der Waals surface area contributed by atoms with E-state index in [1.807, 2.05) is 6.92 Å². The fourth-order valence-corrected chi connectivity index (χ4v) is 1.13. The quantitative estimate of drug-likeness (QED) is 0.406. The van der Waals surface area contributed by atoms with E-state index >= 15 is 0 Å². The van der Waals surface area contributed by atoms with Gasteiger partial charge in [-0.2, -0.15) is 5.10 Å². The number of hydrogen-bond donors (Lipinski definition) is 0. The highest BCUT2D eigenvalue weighted by Gasteiger charge is 2.19. The van der Waals surface area contributed by atoms with Gasteiger partial charge in [-0.25, -0.2) is 0 Å². The van der Waals surface area contributed by atoms with Crippen molar-refractivity contribution >= 4 is 12.0 Å². The molecule has 6 heteroatoms. The monoisotopic (exact) mass is 197 g/mol. The summed E-state index contributed by atoms with van der Waals surface area (Å²) in [7, 11) is 0. The SMILES string of the molecule is CCCCn1ncc([N+](=O)[O-])c1C=O.